The summed E-state index contributed by atoms with van der Waals surface area (Å²) in [4.78, 5) is 11.2. The van der Waals surface area contributed by atoms with Crippen molar-refractivity contribution in [3.8, 4) is 5.75 Å². The SMILES string of the molecule is O=Cc1cc(Cc2ccccc2)c(O)c(Cc2ccccc2)c1. The van der Waals surface area contributed by atoms with Gasteiger partial charge in [0, 0.05) is 18.4 Å². The number of rotatable bonds is 5. The molecule has 1 N–H and O–H groups in total. The van der Waals surface area contributed by atoms with Crippen molar-refractivity contribution in [3.63, 3.8) is 0 Å². The second-order valence-electron chi connectivity index (χ2n) is 5.63. The van der Waals surface area contributed by atoms with Gasteiger partial charge in [-0.2, -0.15) is 0 Å². The van der Waals surface area contributed by atoms with Crippen LogP contribution in [-0.2, 0) is 12.8 Å². The second kappa shape index (κ2) is 6.93. The number of hydrogen-bond donors (Lipinski definition) is 1. The van der Waals surface area contributed by atoms with E-state index in [1.165, 1.54) is 0 Å². The second-order valence-corrected chi connectivity index (χ2v) is 5.63. The summed E-state index contributed by atoms with van der Waals surface area (Å²) in [5.74, 6) is 0.281. The minimum absolute atomic E-state index is 0.281. The molecule has 3 aromatic rings. The molecule has 2 heteroatoms. The molecule has 0 aliphatic heterocycles. The van der Waals surface area contributed by atoms with Crippen molar-refractivity contribution in [2.24, 2.45) is 0 Å². The molecule has 23 heavy (non-hydrogen) atoms. The van der Waals surface area contributed by atoms with Crippen LogP contribution < -0.4 is 0 Å². The lowest BCUT2D eigenvalue weighted by Crippen LogP contribution is -1.97. The number of carbonyl (C=O) groups excluding carboxylic acids is 1. The Kier molecular flexibility index (Phi) is 4.53. The molecule has 0 fully saturated rings. The van der Waals surface area contributed by atoms with E-state index in [0.29, 0.717) is 18.4 Å². The third kappa shape index (κ3) is 3.67. The number of benzene rings is 3. The van der Waals surface area contributed by atoms with Crippen LogP contribution >= 0.6 is 0 Å². The highest BCUT2D eigenvalue weighted by atomic mass is 16.3. The molecule has 2 nitrogen and oxygen atoms in total. The van der Waals surface area contributed by atoms with Crippen LogP contribution in [0.15, 0.2) is 72.8 Å². The van der Waals surface area contributed by atoms with Gasteiger partial charge in [-0.15, -0.1) is 0 Å². The topological polar surface area (TPSA) is 37.3 Å². The molecule has 114 valence electrons. The molecule has 3 aromatic carbocycles. The highest BCUT2D eigenvalue weighted by Crippen LogP contribution is 2.28. The van der Waals surface area contributed by atoms with Gasteiger partial charge in [-0.25, -0.2) is 0 Å². The van der Waals surface area contributed by atoms with Crippen LogP contribution in [0.5, 0.6) is 5.75 Å². The first kappa shape index (κ1) is 15.0. The first-order chi connectivity index (χ1) is 11.3. The summed E-state index contributed by atoms with van der Waals surface area (Å²) in [6.45, 7) is 0. The molecule has 0 unspecified atom stereocenters. The fraction of sp³-hybridized carbons (Fsp3) is 0.0952. The van der Waals surface area contributed by atoms with Crippen molar-refractivity contribution in [2.75, 3.05) is 0 Å². The Hall–Kier alpha value is -2.87. The van der Waals surface area contributed by atoms with Gasteiger partial charge in [-0.1, -0.05) is 60.7 Å². The van der Waals surface area contributed by atoms with E-state index in [1.807, 2.05) is 60.7 Å². The lowest BCUT2D eigenvalue weighted by Gasteiger charge is -2.12. The molecule has 0 heterocycles. The molecule has 0 saturated heterocycles. The molecule has 0 atom stereocenters. The Morgan fingerprint density at radius 1 is 0.739 bits per heavy atom. The lowest BCUT2D eigenvalue weighted by atomic mass is 9.95. The number of phenols is 1. The molecule has 0 radical (unpaired) electrons. The van der Waals surface area contributed by atoms with Crippen LogP contribution in [0, 0.1) is 0 Å². The van der Waals surface area contributed by atoms with Gasteiger partial charge in [-0.3, -0.25) is 4.79 Å². The average Bonchev–Trinajstić information content (AvgIpc) is 2.60. The van der Waals surface area contributed by atoms with Crippen LogP contribution in [0.2, 0.25) is 0 Å². The van der Waals surface area contributed by atoms with E-state index in [9.17, 15) is 9.90 Å². The maximum Gasteiger partial charge on any atom is 0.150 e. The average molecular weight is 302 g/mol. The molecule has 0 aliphatic carbocycles. The van der Waals surface area contributed by atoms with Gasteiger partial charge < -0.3 is 5.11 Å². The number of phenolic OH excluding ortho intramolecular Hbond substituents is 1. The highest BCUT2D eigenvalue weighted by molar-refractivity contribution is 5.76. The summed E-state index contributed by atoms with van der Waals surface area (Å²) in [5.41, 5.74) is 4.38. The summed E-state index contributed by atoms with van der Waals surface area (Å²) < 4.78 is 0. The first-order valence-corrected chi connectivity index (χ1v) is 7.64. The molecule has 0 spiro atoms. The summed E-state index contributed by atoms with van der Waals surface area (Å²) in [6.07, 6.45) is 2.05. The van der Waals surface area contributed by atoms with Crippen LogP contribution in [0.1, 0.15) is 32.6 Å². The number of aldehydes is 1. The monoisotopic (exact) mass is 302 g/mol. The zero-order chi connectivity index (χ0) is 16.1. The lowest BCUT2D eigenvalue weighted by molar-refractivity contribution is 0.112. The molecule has 3 rings (SSSR count). The van der Waals surface area contributed by atoms with E-state index in [2.05, 4.69) is 0 Å². The van der Waals surface area contributed by atoms with E-state index in [1.54, 1.807) is 12.1 Å². The molecule has 0 bridgehead atoms. The van der Waals surface area contributed by atoms with E-state index in [0.717, 1.165) is 28.5 Å². The maximum atomic E-state index is 11.2. The van der Waals surface area contributed by atoms with Crippen molar-refractivity contribution in [2.45, 2.75) is 12.8 Å². The quantitative estimate of drug-likeness (QED) is 0.710. The van der Waals surface area contributed by atoms with E-state index in [-0.39, 0.29) is 5.75 Å². The van der Waals surface area contributed by atoms with Gasteiger partial charge in [0.2, 0.25) is 0 Å². The standard InChI is InChI=1S/C21H18O2/c22-15-18-13-19(11-16-7-3-1-4-8-16)21(23)20(14-18)12-17-9-5-2-6-10-17/h1-10,13-15,23H,11-12H2. The summed E-state index contributed by atoms with van der Waals surface area (Å²) in [7, 11) is 0. The molecular formula is C21H18O2. The van der Waals surface area contributed by atoms with Crippen LogP contribution in [0.25, 0.3) is 0 Å². The Balaban J connectivity index is 1.96. The molecule has 0 amide bonds. The highest BCUT2D eigenvalue weighted by Gasteiger charge is 2.11. The van der Waals surface area contributed by atoms with Crippen LogP contribution in [0.3, 0.4) is 0 Å². The summed E-state index contributed by atoms with van der Waals surface area (Å²) in [5, 5.41) is 10.6. The largest absolute Gasteiger partial charge is 0.507 e. The van der Waals surface area contributed by atoms with E-state index in [4.69, 9.17) is 0 Å². The van der Waals surface area contributed by atoms with Crippen molar-refractivity contribution in [3.05, 3.63) is 101 Å². The van der Waals surface area contributed by atoms with Crippen molar-refractivity contribution in [1.82, 2.24) is 0 Å². The minimum Gasteiger partial charge on any atom is -0.507 e. The van der Waals surface area contributed by atoms with Gasteiger partial charge in [0.25, 0.3) is 0 Å². The Morgan fingerprint density at radius 3 is 1.57 bits per heavy atom. The number of hydrogen-bond acceptors (Lipinski definition) is 2. The fourth-order valence-electron chi connectivity index (χ4n) is 2.76. The number of carbonyl (C=O) groups is 1. The maximum absolute atomic E-state index is 11.2. The third-order valence-electron chi connectivity index (χ3n) is 3.90. The smallest absolute Gasteiger partial charge is 0.150 e. The van der Waals surface area contributed by atoms with Crippen LogP contribution in [0.4, 0.5) is 0 Å². The van der Waals surface area contributed by atoms with E-state index < -0.39 is 0 Å². The van der Waals surface area contributed by atoms with Gasteiger partial charge >= 0.3 is 0 Å². The summed E-state index contributed by atoms with van der Waals surface area (Å²) in [6, 6.07) is 23.4. The third-order valence-corrected chi connectivity index (χ3v) is 3.90. The van der Waals surface area contributed by atoms with Gasteiger partial charge in [0.1, 0.15) is 12.0 Å². The normalized spacial score (nSPS) is 10.4. The van der Waals surface area contributed by atoms with Crippen molar-refractivity contribution in [1.29, 1.82) is 0 Å². The molecule has 0 aliphatic rings. The predicted octanol–water partition coefficient (Wildman–Crippen LogP) is 4.39. The van der Waals surface area contributed by atoms with Crippen molar-refractivity contribution >= 4 is 6.29 Å². The first-order valence-electron chi connectivity index (χ1n) is 7.64. The predicted molar refractivity (Wildman–Crippen MR) is 92.0 cm³/mol. The zero-order valence-corrected chi connectivity index (χ0v) is 12.8. The van der Waals surface area contributed by atoms with Gasteiger partial charge in [0.15, 0.2) is 0 Å². The van der Waals surface area contributed by atoms with Gasteiger partial charge in [0.05, 0.1) is 0 Å². The fourth-order valence-corrected chi connectivity index (χ4v) is 2.76. The Morgan fingerprint density at radius 2 is 1.17 bits per heavy atom. The molecular weight excluding hydrogens is 284 g/mol. The molecule has 0 saturated carbocycles. The van der Waals surface area contributed by atoms with Crippen molar-refractivity contribution < 1.29 is 9.90 Å². The minimum atomic E-state index is 0.281. The molecule has 0 aromatic heterocycles. The van der Waals surface area contributed by atoms with E-state index >= 15 is 0 Å². The Labute approximate surface area is 136 Å². The summed E-state index contributed by atoms with van der Waals surface area (Å²) >= 11 is 0. The zero-order valence-electron chi connectivity index (χ0n) is 12.8. The Bertz CT molecular complexity index is 730. The number of aromatic hydroxyl groups is 1. The van der Waals surface area contributed by atoms with Crippen LogP contribution in [-0.4, -0.2) is 11.4 Å². The van der Waals surface area contributed by atoms with Gasteiger partial charge in [-0.05, 0) is 34.4 Å².